The smallest absolute Gasteiger partial charge is 0.260 e. The summed E-state index contributed by atoms with van der Waals surface area (Å²) in [5.41, 5.74) is 3.47. The van der Waals surface area contributed by atoms with E-state index in [0.717, 1.165) is 11.1 Å². The number of benzene rings is 3. The minimum absolute atomic E-state index is 0.0327. The van der Waals surface area contributed by atoms with E-state index in [1.807, 2.05) is 58.3 Å². The lowest BCUT2D eigenvalue weighted by Gasteiger charge is -2.35. The third-order valence-electron chi connectivity index (χ3n) is 5.96. The average Bonchev–Trinajstić information content (AvgIpc) is 2.88. The van der Waals surface area contributed by atoms with Gasteiger partial charge in [-0.3, -0.25) is 14.6 Å². The highest BCUT2D eigenvalue weighted by atomic mass is 16.2. The Morgan fingerprint density at radius 3 is 2.36 bits per heavy atom. The predicted octanol–water partition coefficient (Wildman–Crippen LogP) is 3.42. The van der Waals surface area contributed by atoms with Crippen LogP contribution in [-0.2, 0) is 0 Å². The molecule has 3 aromatic carbocycles. The Bertz CT molecular complexity index is 1430. The zero-order valence-corrected chi connectivity index (χ0v) is 17.9. The highest BCUT2D eigenvalue weighted by molar-refractivity contribution is 5.95. The number of para-hydroxylation sites is 1. The second kappa shape index (κ2) is 8.60. The molecular formula is C26H21N5O2. The van der Waals surface area contributed by atoms with Gasteiger partial charge in [0.2, 0.25) is 5.95 Å². The molecule has 33 heavy (non-hydrogen) atoms. The molecule has 0 spiro atoms. The molecule has 4 aromatic rings. The summed E-state index contributed by atoms with van der Waals surface area (Å²) in [6, 6.07) is 24.3. The molecule has 1 amide bonds. The summed E-state index contributed by atoms with van der Waals surface area (Å²) in [6.07, 6.45) is 0. The number of rotatable bonds is 3. The van der Waals surface area contributed by atoms with E-state index in [9.17, 15) is 14.9 Å². The molecule has 2 heterocycles. The van der Waals surface area contributed by atoms with Gasteiger partial charge in [0, 0.05) is 31.7 Å². The summed E-state index contributed by atoms with van der Waals surface area (Å²) in [4.78, 5) is 36.6. The number of nitrogens with one attached hydrogen (secondary N) is 1. The molecule has 1 N–H and O–H groups in total. The van der Waals surface area contributed by atoms with Gasteiger partial charge in [-0.15, -0.1) is 0 Å². The molecule has 0 radical (unpaired) electrons. The fourth-order valence-electron chi connectivity index (χ4n) is 4.15. The number of amides is 1. The first-order valence-corrected chi connectivity index (χ1v) is 10.8. The summed E-state index contributed by atoms with van der Waals surface area (Å²) < 4.78 is 0. The fourth-order valence-corrected chi connectivity index (χ4v) is 4.15. The number of aromatic nitrogens is 2. The van der Waals surface area contributed by atoms with Crippen LogP contribution < -0.4 is 10.5 Å². The van der Waals surface area contributed by atoms with Crippen LogP contribution in [0, 0.1) is 11.3 Å². The van der Waals surface area contributed by atoms with E-state index in [0.29, 0.717) is 54.2 Å². The van der Waals surface area contributed by atoms with Crippen LogP contribution in [0.25, 0.3) is 22.0 Å². The van der Waals surface area contributed by atoms with Crippen molar-refractivity contribution in [3.8, 4) is 17.2 Å². The third-order valence-corrected chi connectivity index (χ3v) is 5.96. The Balaban J connectivity index is 1.28. The van der Waals surface area contributed by atoms with Gasteiger partial charge in [0.1, 0.15) is 0 Å². The van der Waals surface area contributed by atoms with E-state index >= 15 is 0 Å². The SMILES string of the molecule is N#Cc1ccccc1-c1ccc(C(=O)N2CCN(c3nc4ccccc4c(=O)[nH]3)CC2)cc1. The number of carbonyl (C=O) groups excluding carboxylic acids is 1. The van der Waals surface area contributed by atoms with E-state index in [4.69, 9.17) is 0 Å². The second-order valence-corrected chi connectivity index (χ2v) is 7.92. The van der Waals surface area contributed by atoms with Crippen LogP contribution in [0.1, 0.15) is 15.9 Å². The van der Waals surface area contributed by atoms with Crippen molar-refractivity contribution < 1.29 is 4.79 Å². The monoisotopic (exact) mass is 435 g/mol. The van der Waals surface area contributed by atoms with E-state index in [1.54, 1.807) is 24.3 Å². The number of hydrogen-bond donors (Lipinski definition) is 1. The molecular weight excluding hydrogens is 414 g/mol. The Labute approximate surface area is 190 Å². The fraction of sp³-hybridized carbons (Fsp3) is 0.154. The molecule has 1 aromatic heterocycles. The lowest BCUT2D eigenvalue weighted by Crippen LogP contribution is -2.49. The highest BCUT2D eigenvalue weighted by Crippen LogP contribution is 2.24. The van der Waals surface area contributed by atoms with Gasteiger partial charge in [-0.25, -0.2) is 4.98 Å². The van der Waals surface area contributed by atoms with Gasteiger partial charge >= 0.3 is 0 Å². The van der Waals surface area contributed by atoms with Crippen LogP contribution in [0.4, 0.5) is 5.95 Å². The molecule has 7 heteroatoms. The molecule has 0 saturated carbocycles. The molecule has 1 aliphatic heterocycles. The largest absolute Gasteiger partial charge is 0.339 e. The van der Waals surface area contributed by atoms with E-state index < -0.39 is 0 Å². The maximum Gasteiger partial charge on any atom is 0.260 e. The number of nitrogens with zero attached hydrogens (tertiary/aromatic N) is 4. The number of anilines is 1. The van der Waals surface area contributed by atoms with Crippen molar-refractivity contribution in [1.29, 1.82) is 5.26 Å². The topological polar surface area (TPSA) is 93.1 Å². The van der Waals surface area contributed by atoms with Gasteiger partial charge in [-0.1, -0.05) is 42.5 Å². The first kappa shape index (κ1) is 20.5. The van der Waals surface area contributed by atoms with Gasteiger partial charge in [0.15, 0.2) is 0 Å². The molecule has 0 aliphatic carbocycles. The first-order valence-electron chi connectivity index (χ1n) is 10.8. The van der Waals surface area contributed by atoms with Crippen LogP contribution in [0.15, 0.2) is 77.6 Å². The molecule has 162 valence electrons. The van der Waals surface area contributed by atoms with Crippen molar-refractivity contribution in [2.75, 3.05) is 31.1 Å². The lowest BCUT2D eigenvalue weighted by molar-refractivity contribution is 0.0746. The molecule has 7 nitrogen and oxygen atoms in total. The van der Waals surface area contributed by atoms with Gasteiger partial charge in [-0.2, -0.15) is 5.26 Å². The number of fused-ring (bicyclic) bond motifs is 1. The molecule has 0 unspecified atom stereocenters. The Morgan fingerprint density at radius 1 is 0.909 bits per heavy atom. The van der Waals surface area contributed by atoms with Crippen LogP contribution in [0.3, 0.4) is 0 Å². The normalized spacial score (nSPS) is 13.7. The minimum Gasteiger partial charge on any atom is -0.339 e. The number of nitriles is 1. The zero-order chi connectivity index (χ0) is 22.8. The number of carbonyl (C=O) groups is 1. The molecule has 5 rings (SSSR count). The summed E-state index contributed by atoms with van der Waals surface area (Å²) >= 11 is 0. The number of H-pyrrole nitrogens is 1. The Morgan fingerprint density at radius 2 is 1.61 bits per heavy atom. The van der Waals surface area contributed by atoms with Crippen molar-refractivity contribution in [1.82, 2.24) is 14.9 Å². The molecule has 1 fully saturated rings. The summed E-state index contributed by atoms with van der Waals surface area (Å²) in [6.45, 7) is 2.24. The van der Waals surface area contributed by atoms with E-state index in [1.165, 1.54) is 0 Å². The van der Waals surface area contributed by atoms with Crippen molar-refractivity contribution in [2.24, 2.45) is 0 Å². The zero-order valence-electron chi connectivity index (χ0n) is 17.9. The summed E-state index contributed by atoms with van der Waals surface area (Å²) in [5.74, 6) is 0.501. The molecule has 1 saturated heterocycles. The van der Waals surface area contributed by atoms with Gasteiger partial charge in [0.25, 0.3) is 11.5 Å². The third kappa shape index (κ3) is 3.94. The molecule has 0 atom stereocenters. The minimum atomic E-state index is -0.160. The number of hydrogen-bond acceptors (Lipinski definition) is 5. The molecule has 1 aliphatic rings. The van der Waals surface area contributed by atoms with Crippen molar-refractivity contribution >= 4 is 22.8 Å². The Kier molecular flexibility index (Phi) is 5.33. The highest BCUT2D eigenvalue weighted by Gasteiger charge is 2.23. The standard InChI is InChI=1S/C26H21N5O2/c27-17-20-5-1-2-6-21(20)18-9-11-19(12-10-18)25(33)30-13-15-31(16-14-30)26-28-23-8-4-3-7-22(23)24(32)29-26/h1-12H,13-16H2,(H,28,29,32). The van der Waals surface area contributed by atoms with Crippen LogP contribution in [0.5, 0.6) is 0 Å². The molecule has 0 bridgehead atoms. The summed E-state index contributed by atoms with van der Waals surface area (Å²) in [7, 11) is 0. The van der Waals surface area contributed by atoms with Crippen molar-refractivity contribution in [2.45, 2.75) is 0 Å². The quantitative estimate of drug-likeness (QED) is 0.532. The van der Waals surface area contributed by atoms with Crippen LogP contribution in [0.2, 0.25) is 0 Å². The predicted molar refractivity (Wildman–Crippen MR) is 127 cm³/mol. The maximum absolute atomic E-state index is 13.0. The van der Waals surface area contributed by atoms with Gasteiger partial charge < -0.3 is 9.80 Å². The summed E-state index contributed by atoms with van der Waals surface area (Å²) in [5, 5.41) is 9.89. The van der Waals surface area contributed by atoms with Gasteiger partial charge in [0.05, 0.1) is 22.5 Å². The van der Waals surface area contributed by atoms with Crippen LogP contribution >= 0.6 is 0 Å². The maximum atomic E-state index is 13.0. The van der Waals surface area contributed by atoms with Crippen molar-refractivity contribution in [3.63, 3.8) is 0 Å². The van der Waals surface area contributed by atoms with Gasteiger partial charge in [-0.05, 0) is 41.5 Å². The van der Waals surface area contributed by atoms with Crippen LogP contribution in [-0.4, -0.2) is 47.0 Å². The van der Waals surface area contributed by atoms with E-state index in [-0.39, 0.29) is 11.5 Å². The van der Waals surface area contributed by atoms with Crippen molar-refractivity contribution in [3.05, 3.63) is 94.3 Å². The van der Waals surface area contributed by atoms with E-state index in [2.05, 4.69) is 16.0 Å². The Hall–Kier alpha value is -4.44. The second-order valence-electron chi connectivity index (χ2n) is 7.92. The first-order chi connectivity index (χ1) is 16.1. The lowest BCUT2D eigenvalue weighted by atomic mass is 9.99. The average molecular weight is 435 g/mol. The number of piperazine rings is 1. The number of aromatic amines is 1.